The molecule has 1 aliphatic carbocycles. The highest BCUT2D eigenvalue weighted by Gasteiger charge is 2.37. The van der Waals surface area contributed by atoms with Crippen LogP contribution in [0, 0.1) is 0 Å². The summed E-state index contributed by atoms with van der Waals surface area (Å²) in [5.74, 6) is 0. The van der Waals surface area contributed by atoms with Crippen LogP contribution < -0.4 is 0 Å². The van der Waals surface area contributed by atoms with Crippen molar-refractivity contribution in [1.29, 1.82) is 0 Å². The number of rotatable bonds is 4. The van der Waals surface area contributed by atoms with E-state index in [-0.39, 0.29) is 10.8 Å². The molecule has 1 heteroatoms. The smallest absolute Gasteiger partial charge is 0.0708 e. The van der Waals surface area contributed by atoms with E-state index in [4.69, 9.17) is 4.98 Å². The summed E-state index contributed by atoms with van der Waals surface area (Å²) in [6.45, 7) is 11.6. The molecule has 1 nitrogen and oxygen atoms in total. The number of hydrogen-bond donors (Lipinski definition) is 0. The van der Waals surface area contributed by atoms with Crippen molar-refractivity contribution in [2.75, 3.05) is 0 Å². The zero-order chi connectivity index (χ0) is 19.2. The third-order valence-corrected chi connectivity index (χ3v) is 6.87. The summed E-state index contributed by atoms with van der Waals surface area (Å²) in [5, 5.41) is 0. The number of pyridine rings is 1. The Kier molecular flexibility index (Phi) is 4.22. The van der Waals surface area contributed by atoms with Gasteiger partial charge in [0.05, 0.1) is 5.69 Å². The lowest BCUT2D eigenvalue weighted by molar-refractivity contribution is 0.438. The molecule has 0 saturated carbocycles. The highest BCUT2D eigenvalue weighted by molar-refractivity contribution is 5.87. The topological polar surface area (TPSA) is 12.9 Å². The van der Waals surface area contributed by atoms with E-state index in [1.54, 1.807) is 0 Å². The van der Waals surface area contributed by atoms with Gasteiger partial charge in [-0.05, 0) is 58.2 Å². The van der Waals surface area contributed by atoms with Gasteiger partial charge in [0.1, 0.15) is 0 Å². The van der Waals surface area contributed by atoms with Crippen LogP contribution in [0.3, 0.4) is 0 Å². The first kappa shape index (κ1) is 18.0. The van der Waals surface area contributed by atoms with Gasteiger partial charge in [-0.1, -0.05) is 77.1 Å². The van der Waals surface area contributed by atoms with Crippen molar-refractivity contribution in [2.24, 2.45) is 0 Å². The lowest BCUT2D eigenvalue weighted by Crippen LogP contribution is -2.20. The molecule has 138 valence electrons. The molecule has 0 N–H and O–H groups in total. The highest BCUT2D eigenvalue weighted by Crippen LogP contribution is 2.51. The molecule has 1 heterocycles. The first-order chi connectivity index (χ1) is 12.9. The van der Waals surface area contributed by atoms with Gasteiger partial charge in [0.15, 0.2) is 0 Å². The fraction of sp³-hybridized carbons (Fsp3) is 0.346. The van der Waals surface area contributed by atoms with Crippen LogP contribution in [-0.4, -0.2) is 4.98 Å². The number of hydrogen-bond acceptors (Lipinski definition) is 1. The molecule has 0 saturated heterocycles. The maximum Gasteiger partial charge on any atom is 0.0708 e. The van der Waals surface area contributed by atoms with Crippen LogP contribution in [0.1, 0.15) is 64.2 Å². The molecular weight excluding hydrogens is 326 g/mol. The predicted octanol–water partition coefficient (Wildman–Crippen LogP) is 7.13. The van der Waals surface area contributed by atoms with E-state index in [9.17, 15) is 0 Å². The molecule has 0 atom stereocenters. The zero-order valence-electron chi connectivity index (χ0n) is 17.1. The van der Waals surface area contributed by atoms with E-state index in [2.05, 4.69) is 89.2 Å². The van der Waals surface area contributed by atoms with Crippen molar-refractivity contribution >= 4 is 0 Å². The molecule has 0 aliphatic heterocycles. The Balaban J connectivity index is 1.93. The van der Waals surface area contributed by atoms with Crippen LogP contribution >= 0.6 is 0 Å². The van der Waals surface area contributed by atoms with Gasteiger partial charge in [0.25, 0.3) is 0 Å². The van der Waals surface area contributed by atoms with Crippen molar-refractivity contribution in [3.8, 4) is 22.4 Å². The Morgan fingerprint density at radius 3 is 2.26 bits per heavy atom. The summed E-state index contributed by atoms with van der Waals surface area (Å²) in [6, 6.07) is 20.0. The lowest BCUT2D eigenvalue weighted by Gasteiger charge is -2.28. The van der Waals surface area contributed by atoms with Crippen molar-refractivity contribution in [2.45, 2.75) is 58.3 Å². The average Bonchev–Trinajstić information content (AvgIpc) is 2.95. The van der Waals surface area contributed by atoms with Gasteiger partial charge >= 0.3 is 0 Å². The van der Waals surface area contributed by atoms with Gasteiger partial charge in [0, 0.05) is 17.2 Å². The third kappa shape index (κ3) is 2.64. The zero-order valence-corrected chi connectivity index (χ0v) is 17.1. The maximum absolute atomic E-state index is 4.80. The van der Waals surface area contributed by atoms with Crippen LogP contribution in [0.15, 0.2) is 60.8 Å². The van der Waals surface area contributed by atoms with E-state index < -0.39 is 0 Å². The fourth-order valence-corrected chi connectivity index (χ4v) is 4.67. The predicted molar refractivity (Wildman–Crippen MR) is 115 cm³/mol. The molecule has 0 amide bonds. The molecule has 0 bridgehead atoms. The normalized spacial score (nSPS) is 14.7. The fourth-order valence-electron chi connectivity index (χ4n) is 4.67. The van der Waals surface area contributed by atoms with Crippen molar-refractivity contribution < 1.29 is 0 Å². The first-order valence-electron chi connectivity index (χ1n) is 10.1. The molecule has 0 radical (unpaired) electrons. The van der Waals surface area contributed by atoms with Crippen LogP contribution in [0.4, 0.5) is 0 Å². The quantitative estimate of drug-likeness (QED) is 0.485. The van der Waals surface area contributed by atoms with Gasteiger partial charge in [-0.25, -0.2) is 0 Å². The summed E-state index contributed by atoms with van der Waals surface area (Å²) < 4.78 is 0. The van der Waals surface area contributed by atoms with Gasteiger partial charge < -0.3 is 0 Å². The molecule has 0 fully saturated rings. The van der Waals surface area contributed by atoms with Crippen LogP contribution in [0.25, 0.3) is 22.4 Å². The summed E-state index contributed by atoms with van der Waals surface area (Å²) in [7, 11) is 0. The maximum atomic E-state index is 4.80. The van der Waals surface area contributed by atoms with Crippen LogP contribution in [0.5, 0.6) is 0 Å². The minimum absolute atomic E-state index is 0.0149. The number of benzene rings is 2. The minimum atomic E-state index is -0.0149. The molecule has 27 heavy (non-hydrogen) atoms. The van der Waals surface area contributed by atoms with Crippen LogP contribution in [0.2, 0.25) is 0 Å². The second kappa shape index (κ2) is 6.34. The standard InChI is InChI=1S/C26H29N/c1-6-26(5,7-2)18-15-16-27-23(17-18)21-13-10-12-20-19-11-8-9-14-22(19)25(3,4)24(20)21/h8-17H,6-7H2,1-5H3. The lowest BCUT2D eigenvalue weighted by atomic mass is 9.76. The number of aromatic nitrogens is 1. The first-order valence-corrected chi connectivity index (χ1v) is 10.1. The summed E-state index contributed by atoms with van der Waals surface area (Å²) in [4.78, 5) is 4.80. The van der Waals surface area contributed by atoms with Gasteiger partial charge in [-0.2, -0.15) is 0 Å². The molecular formula is C26H29N. The van der Waals surface area contributed by atoms with Crippen molar-refractivity contribution in [3.63, 3.8) is 0 Å². The van der Waals surface area contributed by atoms with E-state index in [0.29, 0.717) is 0 Å². The summed E-state index contributed by atoms with van der Waals surface area (Å²) in [5.41, 5.74) is 9.48. The van der Waals surface area contributed by atoms with Crippen molar-refractivity contribution in [1.82, 2.24) is 4.98 Å². The largest absolute Gasteiger partial charge is 0.256 e. The Morgan fingerprint density at radius 2 is 1.52 bits per heavy atom. The van der Waals surface area contributed by atoms with Crippen molar-refractivity contribution in [3.05, 3.63) is 77.5 Å². The Bertz CT molecular complexity index is 993. The third-order valence-electron chi connectivity index (χ3n) is 6.87. The molecule has 4 rings (SSSR count). The molecule has 1 aromatic heterocycles. The summed E-state index contributed by atoms with van der Waals surface area (Å²) in [6.07, 6.45) is 4.26. The Hall–Kier alpha value is -2.41. The number of nitrogens with zero attached hydrogens (tertiary/aromatic N) is 1. The minimum Gasteiger partial charge on any atom is -0.256 e. The van der Waals surface area contributed by atoms with Gasteiger partial charge in [0.2, 0.25) is 0 Å². The van der Waals surface area contributed by atoms with E-state index in [0.717, 1.165) is 18.5 Å². The van der Waals surface area contributed by atoms with Gasteiger partial charge in [-0.15, -0.1) is 0 Å². The van der Waals surface area contributed by atoms with Gasteiger partial charge in [-0.3, -0.25) is 4.98 Å². The second-order valence-corrected chi connectivity index (χ2v) is 8.60. The molecule has 3 aromatic rings. The SMILES string of the molecule is CCC(C)(CC)c1ccnc(-c2cccc3c2C(C)(C)c2ccccc2-3)c1. The van der Waals surface area contributed by atoms with E-state index in [1.807, 2.05) is 6.20 Å². The molecule has 2 aromatic carbocycles. The van der Waals surface area contributed by atoms with E-state index in [1.165, 1.54) is 33.4 Å². The Morgan fingerprint density at radius 1 is 0.852 bits per heavy atom. The molecule has 1 aliphatic rings. The molecule has 0 unspecified atom stereocenters. The monoisotopic (exact) mass is 355 g/mol. The summed E-state index contributed by atoms with van der Waals surface area (Å²) >= 11 is 0. The number of fused-ring (bicyclic) bond motifs is 3. The highest BCUT2D eigenvalue weighted by atomic mass is 14.7. The average molecular weight is 356 g/mol. The van der Waals surface area contributed by atoms with Crippen LogP contribution in [-0.2, 0) is 10.8 Å². The Labute approximate surface area is 163 Å². The second-order valence-electron chi connectivity index (χ2n) is 8.60. The molecule has 0 spiro atoms. The van der Waals surface area contributed by atoms with E-state index >= 15 is 0 Å².